The first kappa shape index (κ1) is 11.3. The molecule has 0 aliphatic carbocycles. The summed E-state index contributed by atoms with van der Waals surface area (Å²) in [6.07, 6.45) is 1.27. The zero-order chi connectivity index (χ0) is 10.4. The van der Waals surface area contributed by atoms with Gasteiger partial charge in [0.1, 0.15) is 0 Å². The highest BCUT2D eigenvalue weighted by atomic mass is 16.5. The molecule has 1 unspecified atom stereocenters. The van der Waals surface area contributed by atoms with Crippen LogP contribution in [0.2, 0.25) is 0 Å². The molecule has 0 fully saturated rings. The average Bonchev–Trinajstić information content (AvgIpc) is 2.50. The van der Waals surface area contributed by atoms with Crippen molar-refractivity contribution in [3.05, 3.63) is 0 Å². The number of hydrogen-bond donors (Lipinski definition) is 3. The van der Waals surface area contributed by atoms with E-state index >= 15 is 0 Å². The summed E-state index contributed by atoms with van der Waals surface area (Å²) in [7, 11) is 0. The second-order valence-electron chi connectivity index (χ2n) is 3.64. The van der Waals surface area contributed by atoms with Crippen LogP contribution in [0.3, 0.4) is 0 Å². The number of nitrogens with zero attached hydrogens (tertiary/aromatic N) is 1. The lowest BCUT2D eigenvalue weighted by Gasteiger charge is -2.10. The van der Waals surface area contributed by atoms with Crippen molar-refractivity contribution in [2.45, 2.75) is 32.5 Å². The molecule has 0 amide bonds. The summed E-state index contributed by atoms with van der Waals surface area (Å²) in [6.45, 7) is 6.38. The van der Waals surface area contributed by atoms with Crippen molar-refractivity contribution in [1.29, 1.82) is 0 Å². The maximum atomic E-state index is 5.60. The molecule has 0 radical (unpaired) electrons. The molecule has 4 N–H and O–H groups in total. The van der Waals surface area contributed by atoms with Gasteiger partial charge in [0.2, 0.25) is 0 Å². The van der Waals surface area contributed by atoms with Gasteiger partial charge in [-0.2, -0.15) is 0 Å². The van der Waals surface area contributed by atoms with Crippen LogP contribution < -0.4 is 16.4 Å². The molecule has 0 aromatic rings. The van der Waals surface area contributed by atoms with E-state index in [9.17, 15) is 0 Å². The van der Waals surface area contributed by atoms with Crippen molar-refractivity contribution in [3.63, 3.8) is 0 Å². The molecule has 1 heterocycles. The Morgan fingerprint density at radius 2 is 2.50 bits per heavy atom. The van der Waals surface area contributed by atoms with Crippen LogP contribution in [0.4, 0.5) is 0 Å². The maximum Gasteiger partial charge on any atom is 0.192 e. The van der Waals surface area contributed by atoms with E-state index in [1.165, 1.54) is 0 Å². The van der Waals surface area contributed by atoms with Gasteiger partial charge in [-0.3, -0.25) is 0 Å². The summed E-state index contributed by atoms with van der Waals surface area (Å²) < 4.78 is 5.40. The van der Waals surface area contributed by atoms with Gasteiger partial charge in [-0.05, 0) is 20.3 Å². The van der Waals surface area contributed by atoms with Crippen LogP contribution in [0, 0.1) is 0 Å². The Hall–Kier alpha value is -0.810. The average molecular weight is 200 g/mol. The summed E-state index contributed by atoms with van der Waals surface area (Å²) in [4.78, 5) is 4.18. The molecule has 0 saturated heterocycles. The molecule has 0 spiro atoms. The highest BCUT2D eigenvalue weighted by Gasteiger charge is 2.11. The number of ether oxygens (including phenoxy) is 1. The third kappa shape index (κ3) is 4.43. The second kappa shape index (κ2) is 5.82. The van der Waals surface area contributed by atoms with Crippen molar-refractivity contribution in [3.8, 4) is 0 Å². The number of hydrogen-bond acceptors (Lipinski definition) is 5. The largest absolute Gasteiger partial charge is 0.379 e. The molecule has 5 heteroatoms. The summed E-state index contributed by atoms with van der Waals surface area (Å²) in [5.74, 6) is 0.807. The summed E-state index contributed by atoms with van der Waals surface area (Å²) >= 11 is 0. The van der Waals surface area contributed by atoms with Gasteiger partial charge in [0.25, 0.3) is 0 Å². The maximum absolute atomic E-state index is 5.60. The molecule has 14 heavy (non-hydrogen) atoms. The molecule has 82 valence electrons. The highest BCUT2D eigenvalue weighted by Crippen LogP contribution is 1.90. The number of aliphatic imine (C=N–C) groups is 1. The fourth-order valence-electron chi connectivity index (χ4n) is 1.16. The molecule has 1 aliphatic rings. The minimum absolute atomic E-state index is 0.0237. The van der Waals surface area contributed by atoms with Gasteiger partial charge in [0, 0.05) is 13.2 Å². The van der Waals surface area contributed by atoms with Crippen molar-refractivity contribution >= 4 is 5.96 Å². The number of nitrogens with one attached hydrogen (secondary N) is 2. The molecule has 1 aliphatic heterocycles. The monoisotopic (exact) mass is 200 g/mol. The van der Waals surface area contributed by atoms with Crippen LogP contribution in [0.1, 0.15) is 20.3 Å². The Morgan fingerprint density at radius 1 is 1.71 bits per heavy atom. The third-order valence-electron chi connectivity index (χ3n) is 1.83. The van der Waals surface area contributed by atoms with E-state index in [0.717, 1.165) is 25.5 Å². The molecule has 0 saturated carbocycles. The Kier molecular flexibility index (Phi) is 4.69. The van der Waals surface area contributed by atoms with Gasteiger partial charge in [0.05, 0.1) is 18.8 Å². The topological polar surface area (TPSA) is 71.7 Å². The normalized spacial score (nSPS) is 20.9. The van der Waals surface area contributed by atoms with Crippen molar-refractivity contribution < 1.29 is 4.74 Å². The van der Waals surface area contributed by atoms with Gasteiger partial charge in [-0.15, -0.1) is 0 Å². The lowest BCUT2D eigenvalue weighted by molar-refractivity contribution is 0.0776. The SMILES string of the molecule is CC(C)OCCCNC1=NCC(N)N1. The molecule has 1 rings (SSSR count). The van der Waals surface area contributed by atoms with Crippen LogP contribution in [0.5, 0.6) is 0 Å². The Bertz CT molecular complexity index is 193. The standard InChI is InChI=1S/C9H20N4O/c1-7(2)14-5-3-4-11-9-12-6-8(10)13-9/h7-8H,3-6,10H2,1-2H3,(H2,11,12,13). The summed E-state index contributed by atoms with van der Waals surface area (Å²) in [6, 6.07) is 0. The van der Waals surface area contributed by atoms with Gasteiger partial charge in [0.15, 0.2) is 5.96 Å². The predicted octanol–water partition coefficient (Wildman–Crippen LogP) is -0.365. The lowest BCUT2D eigenvalue weighted by Crippen LogP contribution is -2.43. The van der Waals surface area contributed by atoms with Crippen LogP contribution in [0.15, 0.2) is 4.99 Å². The molecule has 0 bridgehead atoms. The number of guanidine groups is 1. The van der Waals surface area contributed by atoms with E-state index in [0.29, 0.717) is 12.6 Å². The molecular formula is C9H20N4O. The van der Waals surface area contributed by atoms with Gasteiger partial charge >= 0.3 is 0 Å². The minimum atomic E-state index is -0.0237. The zero-order valence-corrected chi connectivity index (χ0v) is 8.92. The van der Waals surface area contributed by atoms with Crippen molar-refractivity contribution in [1.82, 2.24) is 10.6 Å². The van der Waals surface area contributed by atoms with Crippen LogP contribution in [-0.4, -0.2) is 37.9 Å². The van der Waals surface area contributed by atoms with Crippen LogP contribution >= 0.6 is 0 Å². The Balaban J connectivity index is 1.94. The van der Waals surface area contributed by atoms with Crippen LogP contribution in [0.25, 0.3) is 0 Å². The first-order valence-corrected chi connectivity index (χ1v) is 5.10. The Morgan fingerprint density at radius 3 is 3.07 bits per heavy atom. The van der Waals surface area contributed by atoms with E-state index in [1.54, 1.807) is 0 Å². The van der Waals surface area contributed by atoms with E-state index < -0.39 is 0 Å². The number of rotatable bonds is 5. The molecule has 0 aromatic heterocycles. The third-order valence-corrected chi connectivity index (χ3v) is 1.83. The zero-order valence-electron chi connectivity index (χ0n) is 8.92. The fraction of sp³-hybridized carbons (Fsp3) is 0.889. The van der Waals surface area contributed by atoms with Gasteiger partial charge in [-0.25, -0.2) is 4.99 Å². The van der Waals surface area contributed by atoms with E-state index in [4.69, 9.17) is 10.5 Å². The lowest BCUT2D eigenvalue weighted by atomic mass is 10.4. The Labute approximate surface area is 85.1 Å². The van der Waals surface area contributed by atoms with Gasteiger partial charge < -0.3 is 21.1 Å². The first-order valence-electron chi connectivity index (χ1n) is 5.10. The van der Waals surface area contributed by atoms with Crippen molar-refractivity contribution in [2.75, 3.05) is 19.7 Å². The quantitative estimate of drug-likeness (QED) is 0.530. The van der Waals surface area contributed by atoms with E-state index in [1.807, 2.05) is 13.8 Å². The fourth-order valence-corrected chi connectivity index (χ4v) is 1.16. The highest BCUT2D eigenvalue weighted by molar-refractivity contribution is 5.81. The van der Waals surface area contributed by atoms with Crippen LogP contribution in [-0.2, 0) is 4.74 Å². The molecule has 0 aromatic carbocycles. The first-order chi connectivity index (χ1) is 6.68. The molecular weight excluding hydrogens is 180 g/mol. The predicted molar refractivity (Wildman–Crippen MR) is 57.1 cm³/mol. The minimum Gasteiger partial charge on any atom is -0.379 e. The van der Waals surface area contributed by atoms with Crippen molar-refractivity contribution in [2.24, 2.45) is 10.7 Å². The number of nitrogens with two attached hydrogens (primary N) is 1. The van der Waals surface area contributed by atoms with E-state index in [2.05, 4.69) is 15.6 Å². The smallest absolute Gasteiger partial charge is 0.192 e. The summed E-state index contributed by atoms with van der Waals surface area (Å²) in [5, 5.41) is 6.19. The molecule has 1 atom stereocenters. The second-order valence-corrected chi connectivity index (χ2v) is 3.64. The molecule has 5 nitrogen and oxygen atoms in total. The van der Waals surface area contributed by atoms with E-state index in [-0.39, 0.29) is 6.17 Å². The van der Waals surface area contributed by atoms with Gasteiger partial charge in [-0.1, -0.05) is 0 Å². The summed E-state index contributed by atoms with van der Waals surface area (Å²) in [5.41, 5.74) is 5.60.